The monoisotopic (exact) mass is 416 g/mol. The van der Waals surface area contributed by atoms with Gasteiger partial charge < -0.3 is 19.9 Å². The lowest BCUT2D eigenvalue weighted by Gasteiger charge is -2.33. The Kier molecular flexibility index (Phi) is 6.93. The van der Waals surface area contributed by atoms with E-state index in [9.17, 15) is 9.59 Å². The van der Waals surface area contributed by atoms with E-state index in [2.05, 4.69) is 10.3 Å². The quantitative estimate of drug-likeness (QED) is 0.807. The normalized spacial score (nSPS) is 16.2. The molecule has 0 spiro atoms. The van der Waals surface area contributed by atoms with Crippen LogP contribution in [0, 0.1) is 5.92 Å². The summed E-state index contributed by atoms with van der Waals surface area (Å²) in [5, 5.41) is 3.32. The van der Waals surface area contributed by atoms with Gasteiger partial charge >= 0.3 is 6.03 Å². The lowest BCUT2D eigenvalue weighted by molar-refractivity contribution is -0.121. The number of amides is 3. The van der Waals surface area contributed by atoms with Crippen LogP contribution >= 0.6 is 11.6 Å². The Bertz CT molecular complexity index is 860. The molecule has 0 radical (unpaired) electrons. The predicted octanol–water partition coefficient (Wildman–Crippen LogP) is 3.65. The summed E-state index contributed by atoms with van der Waals surface area (Å²) in [5.74, 6) is 0.184. The van der Waals surface area contributed by atoms with Crippen LogP contribution in [-0.4, -0.2) is 53.9 Å². The van der Waals surface area contributed by atoms with Crippen molar-refractivity contribution in [3.63, 3.8) is 0 Å². The molecule has 1 N–H and O–H groups in total. The lowest BCUT2D eigenvalue weighted by Crippen LogP contribution is -2.47. The number of aromatic nitrogens is 1. The summed E-state index contributed by atoms with van der Waals surface area (Å²) >= 11 is 6.31. The molecule has 1 aromatic carbocycles. The number of benzene rings is 1. The number of hydrogen-bond donors (Lipinski definition) is 1. The number of piperidine rings is 1. The van der Waals surface area contributed by atoms with Gasteiger partial charge in [0.15, 0.2) is 0 Å². The van der Waals surface area contributed by atoms with E-state index in [1.165, 1.54) is 4.90 Å². The minimum Gasteiger partial charge on any atom is -0.487 e. The average Bonchev–Trinajstić information content (AvgIpc) is 2.73. The molecule has 8 heteroatoms. The number of carbonyl (C=O) groups excluding carboxylic acids is 2. The van der Waals surface area contributed by atoms with Crippen LogP contribution in [0.5, 0.6) is 5.75 Å². The van der Waals surface area contributed by atoms with Gasteiger partial charge in [0.25, 0.3) is 0 Å². The molecule has 7 nitrogen and oxygen atoms in total. The summed E-state index contributed by atoms with van der Waals surface area (Å²) in [6, 6.07) is 8.86. The van der Waals surface area contributed by atoms with Crippen LogP contribution in [0.1, 0.15) is 18.4 Å². The Morgan fingerprint density at radius 3 is 2.86 bits per heavy atom. The number of hydrogen-bond acceptors (Lipinski definition) is 4. The molecule has 1 aliphatic rings. The standard InChI is InChI=1S/C21H25ClN4O3/c1-25(2)21(28)26-10-4-6-16(13-26)20(27)24-17-7-8-19(18(22)11-17)29-14-15-5-3-9-23-12-15/h3,5,7-9,11-12,16H,4,6,10,13-14H2,1-2H3,(H,24,27). The van der Waals surface area contributed by atoms with Crippen LogP contribution in [0.4, 0.5) is 10.5 Å². The topological polar surface area (TPSA) is 74.8 Å². The third-order valence-corrected chi connectivity index (χ3v) is 5.06. The molecule has 1 unspecified atom stereocenters. The minimum atomic E-state index is -0.243. The number of pyridine rings is 1. The second-order valence-electron chi connectivity index (χ2n) is 7.25. The highest BCUT2D eigenvalue weighted by atomic mass is 35.5. The van der Waals surface area contributed by atoms with E-state index in [-0.39, 0.29) is 17.9 Å². The number of urea groups is 1. The van der Waals surface area contributed by atoms with Crippen molar-refractivity contribution in [3.8, 4) is 5.75 Å². The Morgan fingerprint density at radius 1 is 1.34 bits per heavy atom. The maximum atomic E-state index is 12.7. The highest BCUT2D eigenvalue weighted by molar-refractivity contribution is 6.32. The van der Waals surface area contributed by atoms with E-state index in [0.717, 1.165) is 18.4 Å². The van der Waals surface area contributed by atoms with Crippen molar-refractivity contribution in [2.24, 2.45) is 5.92 Å². The fraction of sp³-hybridized carbons (Fsp3) is 0.381. The lowest BCUT2D eigenvalue weighted by atomic mass is 9.97. The zero-order valence-corrected chi connectivity index (χ0v) is 17.4. The van der Waals surface area contributed by atoms with E-state index < -0.39 is 0 Å². The van der Waals surface area contributed by atoms with Gasteiger partial charge in [-0.1, -0.05) is 17.7 Å². The third kappa shape index (κ3) is 5.60. The van der Waals surface area contributed by atoms with Gasteiger partial charge in [-0.15, -0.1) is 0 Å². The second kappa shape index (κ2) is 9.60. The van der Waals surface area contributed by atoms with Gasteiger partial charge in [-0.3, -0.25) is 9.78 Å². The summed E-state index contributed by atoms with van der Waals surface area (Å²) in [5.41, 5.74) is 1.54. The van der Waals surface area contributed by atoms with Gasteiger partial charge in [-0.2, -0.15) is 0 Å². The van der Waals surface area contributed by atoms with Gasteiger partial charge in [0.05, 0.1) is 10.9 Å². The molecule has 0 saturated carbocycles. The SMILES string of the molecule is CN(C)C(=O)N1CCCC(C(=O)Nc2ccc(OCc3cccnc3)c(Cl)c2)C1. The smallest absolute Gasteiger partial charge is 0.319 e. The molecule has 3 amide bonds. The summed E-state index contributed by atoms with van der Waals surface area (Å²) in [6.07, 6.45) is 5.00. The first-order valence-electron chi connectivity index (χ1n) is 9.52. The van der Waals surface area contributed by atoms with Gasteiger partial charge in [-0.05, 0) is 37.1 Å². The van der Waals surface area contributed by atoms with Crippen molar-refractivity contribution in [1.82, 2.24) is 14.8 Å². The van der Waals surface area contributed by atoms with E-state index in [0.29, 0.717) is 36.2 Å². The third-order valence-electron chi connectivity index (χ3n) is 4.76. The molecular formula is C21H25ClN4O3. The molecule has 0 bridgehead atoms. The highest BCUT2D eigenvalue weighted by Gasteiger charge is 2.29. The molecule has 2 heterocycles. The van der Waals surface area contributed by atoms with Crippen molar-refractivity contribution in [1.29, 1.82) is 0 Å². The molecule has 1 aliphatic heterocycles. The Balaban J connectivity index is 1.57. The van der Waals surface area contributed by atoms with Crippen LogP contribution in [0.3, 0.4) is 0 Å². The second-order valence-corrected chi connectivity index (χ2v) is 7.65. The van der Waals surface area contributed by atoms with Crippen LogP contribution in [-0.2, 0) is 11.4 Å². The predicted molar refractivity (Wildman–Crippen MR) is 112 cm³/mol. The molecular weight excluding hydrogens is 392 g/mol. The highest BCUT2D eigenvalue weighted by Crippen LogP contribution is 2.29. The molecule has 3 rings (SSSR count). The van der Waals surface area contributed by atoms with E-state index in [1.54, 1.807) is 49.6 Å². The summed E-state index contributed by atoms with van der Waals surface area (Å²) in [7, 11) is 3.43. The number of nitrogens with zero attached hydrogens (tertiary/aromatic N) is 3. The fourth-order valence-electron chi connectivity index (χ4n) is 3.23. The molecule has 154 valence electrons. The molecule has 1 aromatic heterocycles. The van der Waals surface area contributed by atoms with E-state index >= 15 is 0 Å². The number of ether oxygens (including phenoxy) is 1. The van der Waals surface area contributed by atoms with Gasteiger partial charge in [0, 0.05) is 50.8 Å². The van der Waals surface area contributed by atoms with Crippen LogP contribution in [0.25, 0.3) is 0 Å². The summed E-state index contributed by atoms with van der Waals surface area (Å²) in [6.45, 7) is 1.45. The van der Waals surface area contributed by atoms with Crippen molar-refractivity contribution in [2.75, 3.05) is 32.5 Å². The number of carbonyl (C=O) groups is 2. The molecule has 1 atom stereocenters. The molecule has 1 saturated heterocycles. The van der Waals surface area contributed by atoms with Crippen LogP contribution in [0.2, 0.25) is 5.02 Å². The molecule has 2 aromatic rings. The average molecular weight is 417 g/mol. The zero-order chi connectivity index (χ0) is 20.8. The first kappa shape index (κ1) is 20.9. The largest absolute Gasteiger partial charge is 0.487 e. The van der Waals surface area contributed by atoms with Crippen LogP contribution < -0.4 is 10.1 Å². The number of likely N-dealkylation sites (tertiary alicyclic amines) is 1. The van der Waals surface area contributed by atoms with Crippen molar-refractivity contribution >= 4 is 29.2 Å². The van der Waals surface area contributed by atoms with Crippen molar-refractivity contribution in [2.45, 2.75) is 19.4 Å². The van der Waals surface area contributed by atoms with Gasteiger partial charge in [0.2, 0.25) is 5.91 Å². The molecule has 1 fully saturated rings. The van der Waals surface area contributed by atoms with E-state index in [4.69, 9.17) is 16.3 Å². The number of nitrogens with one attached hydrogen (secondary N) is 1. The van der Waals surface area contributed by atoms with Gasteiger partial charge in [-0.25, -0.2) is 4.79 Å². The Morgan fingerprint density at radius 2 is 2.17 bits per heavy atom. The molecule has 0 aliphatic carbocycles. The van der Waals surface area contributed by atoms with Crippen LogP contribution in [0.15, 0.2) is 42.7 Å². The first-order valence-corrected chi connectivity index (χ1v) is 9.90. The summed E-state index contributed by atoms with van der Waals surface area (Å²) < 4.78 is 5.73. The van der Waals surface area contributed by atoms with Gasteiger partial charge in [0.1, 0.15) is 12.4 Å². The zero-order valence-electron chi connectivity index (χ0n) is 16.6. The number of rotatable bonds is 5. The van der Waals surface area contributed by atoms with E-state index in [1.807, 2.05) is 12.1 Å². The number of halogens is 1. The summed E-state index contributed by atoms with van der Waals surface area (Å²) in [4.78, 5) is 32.1. The minimum absolute atomic E-state index is 0.0688. The number of anilines is 1. The molecule has 29 heavy (non-hydrogen) atoms. The Hall–Kier alpha value is -2.80. The van der Waals surface area contributed by atoms with Crippen molar-refractivity contribution < 1.29 is 14.3 Å². The maximum absolute atomic E-state index is 12.7. The Labute approximate surface area is 175 Å². The maximum Gasteiger partial charge on any atom is 0.319 e. The fourth-order valence-corrected chi connectivity index (χ4v) is 3.47. The van der Waals surface area contributed by atoms with Crippen molar-refractivity contribution in [3.05, 3.63) is 53.3 Å². The first-order chi connectivity index (χ1) is 13.9.